The van der Waals surface area contributed by atoms with Crippen molar-refractivity contribution >= 4 is 11.3 Å². The van der Waals surface area contributed by atoms with E-state index in [9.17, 15) is 0 Å². The van der Waals surface area contributed by atoms with Gasteiger partial charge in [-0.2, -0.15) is 0 Å². The summed E-state index contributed by atoms with van der Waals surface area (Å²) in [6.07, 6.45) is 9.45. The highest BCUT2D eigenvalue weighted by molar-refractivity contribution is 7.11. The van der Waals surface area contributed by atoms with Crippen LogP contribution in [0.3, 0.4) is 0 Å². The molecule has 1 N–H and O–H groups in total. The maximum absolute atomic E-state index is 4.78. The van der Waals surface area contributed by atoms with Gasteiger partial charge in [-0.3, -0.25) is 0 Å². The van der Waals surface area contributed by atoms with Gasteiger partial charge >= 0.3 is 0 Å². The molecule has 0 aliphatic heterocycles. The summed E-state index contributed by atoms with van der Waals surface area (Å²) in [5.74, 6) is 0.970. The molecule has 16 heavy (non-hydrogen) atoms. The van der Waals surface area contributed by atoms with Crippen molar-refractivity contribution in [1.29, 1.82) is 0 Å². The Morgan fingerprint density at radius 1 is 1.19 bits per heavy atom. The van der Waals surface area contributed by atoms with E-state index in [1.54, 1.807) is 4.88 Å². The summed E-state index contributed by atoms with van der Waals surface area (Å²) in [5.41, 5.74) is 1.41. The Hall–Kier alpha value is -0.410. The van der Waals surface area contributed by atoms with Crippen LogP contribution in [0, 0.1) is 5.92 Å². The van der Waals surface area contributed by atoms with Crippen molar-refractivity contribution in [3.05, 3.63) is 15.6 Å². The van der Waals surface area contributed by atoms with Crippen molar-refractivity contribution in [2.75, 3.05) is 6.54 Å². The molecule has 1 aromatic rings. The van der Waals surface area contributed by atoms with Gasteiger partial charge in [-0.15, -0.1) is 11.3 Å². The van der Waals surface area contributed by atoms with Gasteiger partial charge in [0.2, 0.25) is 0 Å². The number of fused-ring (bicyclic) bond motifs is 1. The minimum atomic E-state index is 0.970. The van der Waals surface area contributed by atoms with Crippen LogP contribution in [0.15, 0.2) is 0 Å². The number of nitrogens with one attached hydrogen (secondary N) is 1. The minimum absolute atomic E-state index is 0.970. The van der Waals surface area contributed by atoms with Crippen LogP contribution >= 0.6 is 11.3 Å². The van der Waals surface area contributed by atoms with E-state index in [0.29, 0.717) is 0 Å². The van der Waals surface area contributed by atoms with Crippen molar-refractivity contribution in [3.63, 3.8) is 0 Å². The van der Waals surface area contributed by atoms with Gasteiger partial charge < -0.3 is 5.32 Å². The summed E-state index contributed by atoms with van der Waals surface area (Å²) in [5, 5.41) is 4.85. The van der Waals surface area contributed by atoms with Crippen molar-refractivity contribution in [1.82, 2.24) is 10.3 Å². The van der Waals surface area contributed by atoms with E-state index in [1.165, 1.54) is 62.2 Å². The maximum atomic E-state index is 4.78. The van der Waals surface area contributed by atoms with Crippen LogP contribution in [0.25, 0.3) is 0 Å². The van der Waals surface area contributed by atoms with Gasteiger partial charge in [0, 0.05) is 11.4 Å². The molecule has 3 heteroatoms. The fourth-order valence-electron chi connectivity index (χ4n) is 2.36. The molecule has 1 aromatic heterocycles. The van der Waals surface area contributed by atoms with E-state index in [2.05, 4.69) is 5.32 Å². The quantitative estimate of drug-likeness (QED) is 0.813. The van der Waals surface area contributed by atoms with Crippen LogP contribution in [0.5, 0.6) is 0 Å². The SMILES string of the molecule is C1CCc2nc(CNCC3CC3)sc2CC1. The van der Waals surface area contributed by atoms with E-state index in [4.69, 9.17) is 4.98 Å². The summed E-state index contributed by atoms with van der Waals surface area (Å²) in [7, 11) is 0. The highest BCUT2D eigenvalue weighted by atomic mass is 32.1. The Labute approximate surface area is 101 Å². The molecule has 2 aliphatic rings. The second-order valence-corrected chi connectivity index (χ2v) is 6.28. The second kappa shape index (κ2) is 4.84. The molecule has 0 atom stereocenters. The van der Waals surface area contributed by atoms with Gasteiger partial charge in [0.1, 0.15) is 5.01 Å². The molecule has 0 radical (unpaired) electrons. The summed E-state index contributed by atoms with van der Waals surface area (Å²) < 4.78 is 0. The molecule has 0 unspecified atom stereocenters. The molecule has 0 spiro atoms. The average molecular weight is 236 g/mol. The third-order valence-corrected chi connectivity index (χ3v) is 4.70. The number of hydrogen-bond acceptors (Lipinski definition) is 3. The summed E-state index contributed by atoms with van der Waals surface area (Å²) in [4.78, 5) is 6.35. The Morgan fingerprint density at radius 2 is 2.06 bits per heavy atom. The number of nitrogens with zero attached hydrogens (tertiary/aromatic N) is 1. The number of aryl methyl sites for hydroxylation is 2. The first-order chi connectivity index (χ1) is 7.92. The average Bonchev–Trinajstić information content (AvgIpc) is 3.05. The molecule has 3 rings (SSSR count). The number of rotatable bonds is 4. The molecule has 0 saturated heterocycles. The van der Waals surface area contributed by atoms with Crippen LogP contribution in [0.4, 0.5) is 0 Å². The third kappa shape index (κ3) is 2.64. The van der Waals surface area contributed by atoms with Crippen molar-refractivity contribution in [3.8, 4) is 0 Å². The van der Waals surface area contributed by atoms with Gasteiger partial charge in [-0.1, -0.05) is 6.42 Å². The highest BCUT2D eigenvalue weighted by Crippen LogP contribution is 2.28. The van der Waals surface area contributed by atoms with Crippen molar-refractivity contribution < 1.29 is 0 Å². The zero-order valence-corrected chi connectivity index (χ0v) is 10.6. The number of aromatic nitrogens is 1. The van der Waals surface area contributed by atoms with E-state index in [0.717, 1.165) is 12.5 Å². The van der Waals surface area contributed by atoms with Crippen LogP contribution in [0.1, 0.15) is 47.7 Å². The molecular weight excluding hydrogens is 216 g/mol. The normalized spacial score (nSPS) is 20.5. The second-order valence-electron chi connectivity index (χ2n) is 5.11. The predicted molar refractivity (Wildman–Crippen MR) is 67.8 cm³/mol. The molecule has 1 heterocycles. The molecular formula is C13H20N2S. The fourth-order valence-corrected chi connectivity index (χ4v) is 3.49. The van der Waals surface area contributed by atoms with Gasteiger partial charge in [0.15, 0.2) is 0 Å². The molecule has 0 aromatic carbocycles. The maximum Gasteiger partial charge on any atom is 0.107 e. The lowest BCUT2D eigenvalue weighted by molar-refractivity contribution is 0.634. The summed E-state index contributed by atoms with van der Waals surface area (Å²) in [6.45, 7) is 2.19. The molecule has 1 saturated carbocycles. The molecule has 0 amide bonds. The Morgan fingerprint density at radius 3 is 2.94 bits per heavy atom. The lowest BCUT2D eigenvalue weighted by Crippen LogP contribution is -2.15. The Bertz CT molecular complexity index is 331. The standard InChI is InChI=1S/C13H20N2S/c1-2-4-11-12(5-3-1)16-13(15-11)9-14-8-10-6-7-10/h10,14H,1-9H2. The van der Waals surface area contributed by atoms with E-state index in [1.807, 2.05) is 11.3 Å². The van der Waals surface area contributed by atoms with E-state index < -0.39 is 0 Å². The van der Waals surface area contributed by atoms with Gasteiger partial charge in [0.05, 0.1) is 5.69 Å². The zero-order valence-electron chi connectivity index (χ0n) is 9.80. The topological polar surface area (TPSA) is 24.9 Å². The van der Waals surface area contributed by atoms with Crippen LogP contribution in [-0.4, -0.2) is 11.5 Å². The van der Waals surface area contributed by atoms with Gasteiger partial charge in [-0.25, -0.2) is 4.98 Å². The van der Waals surface area contributed by atoms with Crippen LogP contribution in [0.2, 0.25) is 0 Å². The molecule has 88 valence electrons. The lowest BCUT2D eigenvalue weighted by atomic mass is 10.2. The Kier molecular flexibility index (Phi) is 3.25. The van der Waals surface area contributed by atoms with E-state index >= 15 is 0 Å². The molecule has 2 nitrogen and oxygen atoms in total. The molecule has 1 fully saturated rings. The molecule has 0 bridgehead atoms. The van der Waals surface area contributed by atoms with Crippen molar-refractivity contribution in [2.45, 2.75) is 51.5 Å². The minimum Gasteiger partial charge on any atom is -0.310 e. The summed E-state index contributed by atoms with van der Waals surface area (Å²) in [6, 6.07) is 0. The number of hydrogen-bond donors (Lipinski definition) is 1. The zero-order chi connectivity index (χ0) is 10.8. The number of thiazole rings is 1. The first kappa shape index (κ1) is 10.7. The third-order valence-electron chi connectivity index (χ3n) is 3.55. The fraction of sp³-hybridized carbons (Fsp3) is 0.769. The van der Waals surface area contributed by atoms with Gasteiger partial charge in [0.25, 0.3) is 0 Å². The molecule has 2 aliphatic carbocycles. The van der Waals surface area contributed by atoms with Gasteiger partial charge in [-0.05, 0) is 51.0 Å². The largest absolute Gasteiger partial charge is 0.310 e. The van der Waals surface area contributed by atoms with Crippen LogP contribution in [-0.2, 0) is 19.4 Å². The van der Waals surface area contributed by atoms with Crippen LogP contribution < -0.4 is 5.32 Å². The smallest absolute Gasteiger partial charge is 0.107 e. The first-order valence-electron chi connectivity index (χ1n) is 6.60. The predicted octanol–water partition coefficient (Wildman–Crippen LogP) is 2.91. The summed E-state index contributed by atoms with van der Waals surface area (Å²) >= 11 is 1.95. The highest BCUT2D eigenvalue weighted by Gasteiger charge is 2.20. The first-order valence-corrected chi connectivity index (χ1v) is 7.41. The van der Waals surface area contributed by atoms with E-state index in [-0.39, 0.29) is 0 Å². The van der Waals surface area contributed by atoms with Crippen molar-refractivity contribution in [2.24, 2.45) is 5.92 Å². The lowest BCUT2D eigenvalue weighted by Gasteiger charge is -1.99. The Balaban J connectivity index is 1.57. The monoisotopic (exact) mass is 236 g/mol.